The Morgan fingerprint density at radius 3 is 1.16 bits per heavy atom. The largest absolute Gasteiger partial charge is 1.00 e. The number of fused-ring (bicyclic) bond motifs is 3. The number of aromatic carboxylic acids is 1. The number of anilines is 1. The van der Waals surface area contributed by atoms with E-state index in [9.17, 15) is 14.7 Å². The molecule has 11 aromatic rings. The molecule has 559 valence electrons. The van der Waals surface area contributed by atoms with Crippen molar-refractivity contribution in [2.24, 2.45) is 0 Å². The molecule has 3 radical (unpaired) electrons. The maximum Gasteiger partial charge on any atom is 1.00 e. The molecule has 3 aliphatic heterocycles. The van der Waals surface area contributed by atoms with Gasteiger partial charge in [0.25, 0.3) is 0 Å². The predicted octanol–water partition coefficient (Wildman–Crippen LogP) is 21.6. The first-order valence-electron chi connectivity index (χ1n) is 33.4. The summed E-state index contributed by atoms with van der Waals surface area (Å²) in [5.41, 5.74) is 14.4. The van der Waals surface area contributed by atoms with Gasteiger partial charge in [0, 0.05) is 117 Å². The number of carbonyl (C=O) groups excluding carboxylic acids is 1. The minimum atomic E-state index is -1.10. The van der Waals surface area contributed by atoms with Gasteiger partial charge in [0.1, 0.15) is 6.29 Å². The van der Waals surface area contributed by atoms with Crippen molar-refractivity contribution in [3.63, 3.8) is 0 Å². The number of hydrogen-bond donors (Lipinski definition) is 4. The van der Waals surface area contributed by atoms with Crippen LogP contribution in [0.3, 0.4) is 0 Å². The van der Waals surface area contributed by atoms with Gasteiger partial charge < -0.3 is 27.6 Å². The first-order chi connectivity index (χ1) is 51.3. The molecule has 14 rings (SSSR count). The van der Waals surface area contributed by atoms with Crippen molar-refractivity contribution in [3.8, 4) is 0 Å². The molecule has 25 heteroatoms. The monoisotopic (exact) mass is 1740 g/mol. The Labute approximate surface area is 734 Å². The first-order valence-corrected chi connectivity index (χ1v) is 38.6. The molecule has 4 N–H and O–H groups in total. The minimum Gasteiger partial charge on any atom is -0.512 e. The van der Waals surface area contributed by atoms with Crippen LogP contribution in [0.4, 0.5) is 5.69 Å². The molecule has 0 aromatic heterocycles. The average Bonchev–Trinajstić information content (AvgIpc) is 0.734. The van der Waals surface area contributed by atoms with Crippen LogP contribution in [0.5, 0.6) is 0 Å². The molecular formula is C84H73BCl14N6NaO3. The van der Waals surface area contributed by atoms with E-state index < -0.39 is 17.0 Å². The summed E-state index contributed by atoms with van der Waals surface area (Å²) in [6.45, 7) is 11.0. The van der Waals surface area contributed by atoms with Gasteiger partial charge in [-0.1, -0.05) is 298 Å². The molecule has 0 unspecified atom stereocenters. The van der Waals surface area contributed by atoms with Gasteiger partial charge in [-0.3, -0.25) is 14.6 Å². The summed E-state index contributed by atoms with van der Waals surface area (Å²) in [5.74, 6) is 0.0283. The quantitative estimate of drug-likeness (QED) is 0.0199. The molecule has 3 heterocycles. The van der Waals surface area contributed by atoms with E-state index in [-0.39, 0.29) is 66.0 Å². The van der Waals surface area contributed by atoms with E-state index in [0.29, 0.717) is 81.3 Å². The van der Waals surface area contributed by atoms with Crippen molar-refractivity contribution < 1.29 is 44.3 Å². The third-order valence-corrected chi connectivity index (χ3v) is 20.8. The summed E-state index contributed by atoms with van der Waals surface area (Å²) < 4.78 is 0. The Kier molecular flexibility index (Phi) is 41.7. The number of nitrogens with one attached hydrogen (secondary N) is 3. The number of rotatable bonds is 15. The fraction of sp³-hybridized carbons (Fsp3) is 0.179. The summed E-state index contributed by atoms with van der Waals surface area (Å²) >= 11 is 76.1. The molecular weight excluding hydrogens is 1670 g/mol. The number of halogens is 14. The van der Waals surface area contributed by atoms with Crippen LogP contribution in [0.15, 0.2) is 249 Å². The fourth-order valence-corrected chi connectivity index (χ4v) is 16.7. The second-order valence-corrected chi connectivity index (χ2v) is 29.3. The summed E-state index contributed by atoms with van der Waals surface area (Å²) in [6.07, 6.45) is 3.22. The van der Waals surface area contributed by atoms with Crippen molar-refractivity contribution in [1.82, 2.24) is 20.0 Å². The SMILES string of the molecule is Cl.ClCCNCl.ClCCNc1cc(Cl)cc(Cl)c1.Clc1cc(Cl)c2c(c1)CN(C(c1ccccc1)(c1ccccc1)c1ccccc1)CC2.Clc1cc(Cl)c2c(c1)CNCC2.O=C(O)c1c(Cl)cc2c(c1Cl)CCN(C(c1ccccc1)(c1ccccc1)c1ccccc1)C2.O=Cc1cc(Cl)cc(Cl)c1.[B].[C-]#N.[Na+]. The zero-order valence-corrected chi connectivity index (χ0v) is 71.6. The summed E-state index contributed by atoms with van der Waals surface area (Å²) in [4.78, 5) is 29.3. The van der Waals surface area contributed by atoms with Crippen LogP contribution in [0.25, 0.3) is 0 Å². The van der Waals surface area contributed by atoms with Gasteiger partial charge in [-0.15, -0.1) is 35.6 Å². The smallest absolute Gasteiger partial charge is 0.512 e. The normalized spacial score (nSPS) is 12.5. The summed E-state index contributed by atoms with van der Waals surface area (Å²) in [5, 5.41) is 27.8. The van der Waals surface area contributed by atoms with Crippen molar-refractivity contribution in [1.29, 1.82) is 5.26 Å². The Balaban J connectivity index is 0.000000256. The maximum atomic E-state index is 11.7. The Hall–Kier alpha value is -5.19. The predicted molar refractivity (Wildman–Crippen MR) is 458 cm³/mol. The fourth-order valence-electron chi connectivity index (χ4n) is 13.3. The van der Waals surface area contributed by atoms with Crippen molar-refractivity contribution in [2.45, 2.75) is 50.0 Å². The second-order valence-electron chi connectivity index (χ2n) is 24.1. The van der Waals surface area contributed by atoms with Crippen LogP contribution >= 0.6 is 163 Å². The van der Waals surface area contributed by atoms with E-state index in [1.807, 2.05) is 36.4 Å². The van der Waals surface area contributed by atoms with E-state index in [4.69, 9.17) is 163 Å². The van der Waals surface area contributed by atoms with Crippen molar-refractivity contribution in [3.05, 3.63) is 383 Å². The molecule has 0 bridgehead atoms. The third-order valence-electron chi connectivity index (χ3n) is 17.6. The Morgan fingerprint density at radius 2 is 0.807 bits per heavy atom. The number of benzene rings is 11. The molecule has 0 spiro atoms. The van der Waals surface area contributed by atoms with Gasteiger partial charge >= 0.3 is 35.5 Å². The van der Waals surface area contributed by atoms with Gasteiger partial charge in [0.05, 0.1) is 26.7 Å². The molecule has 0 atom stereocenters. The van der Waals surface area contributed by atoms with Crippen molar-refractivity contribution >= 4 is 190 Å². The second kappa shape index (κ2) is 48.1. The van der Waals surface area contributed by atoms with Gasteiger partial charge in [-0.2, -0.15) is 0 Å². The van der Waals surface area contributed by atoms with E-state index >= 15 is 0 Å². The zero-order chi connectivity index (χ0) is 76.2. The Morgan fingerprint density at radius 1 is 0.468 bits per heavy atom. The maximum absolute atomic E-state index is 11.7. The zero-order valence-electron chi connectivity index (χ0n) is 58.9. The van der Waals surface area contributed by atoms with Crippen LogP contribution in [0, 0.1) is 11.8 Å². The van der Waals surface area contributed by atoms with E-state index in [0.717, 1.165) is 87.6 Å². The molecule has 0 amide bonds. The first kappa shape index (κ1) is 94.4. The number of carboxylic acids is 1. The number of aldehydes is 1. The van der Waals surface area contributed by atoms with Crippen molar-refractivity contribution in [2.75, 3.05) is 49.8 Å². The minimum absolute atomic E-state index is 0. The number of carbonyl (C=O) groups is 2. The number of carboxylic acid groups (broad SMARTS) is 1. The third kappa shape index (κ3) is 25.2. The van der Waals surface area contributed by atoms with Crippen LogP contribution in [0.1, 0.15) is 87.5 Å². The summed E-state index contributed by atoms with van der Waals surface area (Å²) in [6, 6.07) is 83.4. The molecule has 109 heavy (non-hydrogen) atoms. The molecule has 0 saturated carbocycles. The molecule has 9 nitrogen and oxygen atoms in total. The molecule has 0 aliphatic carbocycles. The number of hydrogen-bond acceptors (Lipinski definition) is 8. The van der Waals surface area contributed by atoms with E-state index in [2.05, 4.69) is 195 Å². The Bertz CT molecular complexity index is 4430. The van der Waals surface area contributed by atoms with Crippen LogP contribution in [-0.4, -0.2) is 80.1 Å². The topological polar surface area (TPSA) is 121 Å². The van der Waals surface area contributed by atoms with Crippen LogP contribution < -0.4 is 45.0 Å². The van der Waals surface area contributed by atoms with Gasteiger partial charge in [-0.05, 0) is 171 Å². The standard InChI is InChI=1S/C29H23Cl2NO2.C28H23Cl2N.C9H9Cl2N.C8H8Cl3N.C7H4Cl2O.C2H5Cl2N.CN.B.ClH.Na/c30-25-18-20-19-32(17-16-24(20)27(31)26(25)28(33)34)29(21-10-4-1-5-11-21,22-12-6-2-7-13-22)23-14-8-3-9-15-23;29-25-18-21-20-31(17-16-26(21)27(30)19-25)28(22-10-4-1-5-11-22,23-12-6-2-7-13-23)24-14-8-3-9-15-24;10-7-3-6-5-12-2-1-8(6)9(11)4-7;9-1-2-12-8-4-6(10)3-7(11)5-8;8-6-1-5(4-10)2-7(9)3-6;3-1-2-5-4;1-2;;;/h1-15,18H,16-17,19H2,(H,33,34);1-15,18-19H,16-17,20H2;3-4,12H,1-2,5H2;3-5,12H,1-2H2;1-4H;5H,1-2H2;;;1H;/q;;;;;;-1;;;+1. The molecule has 3 aliphatic rings. The molecule has 0 fully saturated rings. The molecule has 0 saturated heterocycles. The van der Waals surface area contributed by atoms with Gasteiger partial charge in [-0.25, -0.2) is 9.63 Å². The van der Waals surface area contributed by atoms with Gasteiger partial charge in [0.15, 0.2) is 0 Å². The van der Waals surface area contributed by atoms with Gasteiger partial charge in [0.2, 0.25) is 0 Å². The van der Waals surface area contributed by atoms with Crippen LogP contribution in [-0.2, 0) is 50.0 Å². The number of alkyl halides is 2. The summed E-state index contributed by atoms with van der Waals surface area (Å²) in [7, 11) is 0. The van der Waals surface area contributed by atoms with E-state index in [1.165, 1.54) is 38.9 Å². The average molecular weight is 1740 g/mol. The molecule has 11 aromatic carbocycles. The number of nitrogens with zero attached hydrogens (tertiary/aromatic N) is 3. The van der Waals surface area contributed by atoms with E-state index in [1.54, 1.807) is 42.5 Å². The van der Waals surface area contributed by atoms with Crippen LogP contribution in [0.2, 0.25) is 50.2 Å².